The summed E-state index contributed by atoms with van der Waals surface area (Å²) >= 11 is 0. The van der Waals surface area contributed by atoms with Crippen LogP contribution in [-0.2, 0) is 27.1 Å². The van der Waals surface area contributed by atoms with E-state index in [1.165, 1.54) is 61.2 Å². The van der Waals surface area contributed by atoms with Crippen molar-refractivity contribution in [1.82, 2.24) is 0 Å². The van der Waals surface area contributed by atoms with Gasteiger partial charge < -0.3 is 9.32 Å². The lowest BCUT2D eigenvalue weighted by Crippen LogP contribution is -2.18. The maximum absolute atomic E-state index is 7.10. The van der Waals surface area contributed by atoms with Crippen LogP contribution in [0.1, 0.15) is 129 Å². The standard InChI is InChI=1S/C54H57NO/c1-50(2,3)38-20-16-22-40-46(38)36-28-26-32(30-43(36)53(40,10)11)55(45-25-15-19-35-34-18-14-24-42(52(7,8)9)48(34)56-49(35)45)33-27-29-37-44(31-33)54(12,13)41-23-17-21-39(47(37)41)51(4,5)6/h14-31H,1-13H3. The molecular weight excluding hydrogens is 679 g/mol. The van der Waals surface area contributed by atoms with Crippen molar-refractivity contribution < 1.29 is 4.42 Å². The highest BCUT2D eigenvalue weighted by atomic mass is 16.3. The number of rotatable bonds is 3. The zero-order valence-electron chi connectivity index (χ0n) is 35.7. The predicted octanol–water partition coefficient (Wildman–Crippen LogP) is 15.6. The Morgan fingerprint density at radius 2 is 0.839 bits per heavy atom. The van der Waals surface area contributed by atoms with Crippen molar-refractivity contribution in [1.29, 1.82) is 0 Å². The zero-order valence-corrected chi connectivity index (χ0v) is 35.7. The van der Waals surface area contributed by atoms with Crippen LogP contribution in [0.25, 0.3) is 44.2 Å². The van der Waals surface area contributed by atoms with Crippen molar-refractivity contribution in [3.8, 4) is 22.3 Å². The molecule has 0 bridgehead atoms. The number of para-hydroxylation sites is 2. The van der Waals surface area contributed by atoms with Crippen LogP contribution in [0.3, 0.4) is 0 Å². The first-order chi connectivity index (χ1) is 26.2. The molecule has 0 atom stereocenters. The molecule has 2 aliphatic rings. The first-order valence-corrected chi connectivity index (χ1v) is 20.5. The molecule has 7 aromatic rings. The second-order valence-electron chi connectivity index (χ2n) is 20.7. The molecule has 284 valence electrons. The van der Waals surface area contributed by atoms with Gasteiger partial charge in [-0.05, 0) is 102 Å². The van der Waals surface area contributed by atoms with Gasteiger partial charge in [-0.2, -0.15) is 0 Å². The SMILES string of the molecule is CC(C)(C)c1cccc2c1-c1ccc(N(c3ccc4c(c3)C(C)(C)c3cccc(C(C)(C)C)c3-4)c3cccc4c3oc3c(C(C)(C)C)cccc34)cc1C2(C)C. The Kier molecular flexibility index (Phi) is 7.66. The molecule has 0 radical (unpaired) electrons. The largest absolute Gasteiger partial charge is 0.454 e. The van der Waals surface area contributed by atoms with Gasteiger partial charge in [0, 0.05) is 38.5 Å². The molecule has 2 aliphatic carbocycles. The highest BCUT2D eigenvalue weighted by molar-refractivity contribution is 6.11. The molecule has 56 heavy (non-hydrogen) atoms. The second-order valence-corrected chi connectivity index (χ2v) is 20.7. The molecule has 6 aromatic carbocycles. The van der Waals surface area contributed by atoms with Gasteiger partial charge in [-0.3, -0.25) is 0 Å². The number of anilines is 3. The molecule has 0 spiro atoms. The number of fused-ring (bicyclic) bond motifs is 9. The first kappa shape index (κ1) is 36.6. The predicted molar refractivity (Wildman–Crippen MR) is 240 cm³/mol. The van der Waals surface area contributed by atoms with E-state index in [4.69, 9.17) is 4.42 Å². The third kappa shape index (κ3) is 5.20. The number of hydrogen-bond acceptors (Lipinski definition) is 2. The first-order valence-electron chi connectivity index (χ1n) is 20.5. The molecule has 0 N–H and O–H groups in total. The summed E-state index contributed by atoms with van der Waals surface area (Å²) in [6.45, 7) is 30.4. The molecular formula is C54H57NO. The van der Waals surface area contributed by atoms with E-state index in [1.54, 1.807) is 0 Å². The van der Waals surface area contributed by atoms with E-state index >= 15 is 0 Å². The average molecular weight is 736 g/mol. The second kappa shape index (κ2) is 11.7. The van der Waals surface area contributed by atoms with E-state index in [2.05, 4.69) is 204 Å². The number of furan rings is 1. The normalized spacial score (nSPS) is 15.5. The Morgan fingerprint density at radius 3 is 1.30 bits per heavy atom. The van der Waals surface area contributed by atoms with Gasteiger partial charge in [-0.25, -0.2) is 0 Å². The smallest absolute Gasteiger partial charge is 0.159 e. The van der Waals surface area contributed by atoms with Crippen LogP contribution in [-0.4, -0.2) is 0 Å². The fraction of sp³-hybridized carbons (Fsp3) is 0.333. The van der Waals surface area contributed by atoms with E-state index in [0.29, 0.717) is 0 Å². The van der Waals surface area contributed by atoms with E-state index in [1.807, 2.05) is 0 Å². The van der Waals surface area contributed by atoms with Crippen molar-refractivity contribution in [2.24, 2.45) is 0 Å². The quantitative estimate of drug-likeness (QED) is 0.180. The van der Waals surface area contributed by atoms with Gasteiger partial charge in [0.2, 0.25) is 0 Å². The molecule has 9 rings (SSSR count). The molecule has 2 nitrogen and oxygen atoms in total. The third-order valence-electron chi connectivity index (χ3n) is 13.1. The van der Waals surface area contributed by atoms with E-state index < -0.39 is 0 Å². The number of benzene rings is 6. The molecule has 1 heterocycles. The lowest BCUT2D eigenvalue weighted by Gasteiger charge is -2.29. The Bertz CT molecular complexity index is 2620. The summed E-state index contributed by atoms with van der Waals surface area (Å²) in [4.78, 5) is 2.47. The highest BCUT2D eigenvalue weighted by Crippen LogP contribution is 2.56. The van der Waals surface area contributed by atoms with Gasteiger partial charge in [-0.15, -0.1) is 0 Å². The summed E-state index contributed by atoms with van der Waals surface area (Å²) < 4.78 is 7.10. The van der Waals surface area contributed by atoms with E-state index in [-0.39, 0.29) is 27.1 Å². The Morgan fingerprint density at radius 1 is 0.429 bits per heavy atom. The fourth-order valence-electron chi connectivity index (χ4n) is 10.1. The molecule has 0 fully saturated rings. The van der Waals surface area contributed by atoms with Gasteiger partial charge in [0.25, 0.3) is 0 Å². The Labute approximate surface area is 334 Å². The van der Waals surface area contributed by atoms with Gasteiger partial charge >= 0.3 is 0 Å². The third-order valence-corrected chi connectivity index (χ3v) is 13.1. The van der Waals surface area contributed by atoms with E-state index in [9.17, 15) is 0 Å². The van der Waals surface area contributed by atoms with Crippen LogP contribution in [0.4, 0.5) is 17.1 Å². The average Bonchev–Trinajstić information content (AvgIpc) is 3.70. The van der Waals surface area contributed by atoms with Gasteiger partial charge in [-0.1, -0.05) is 169 Å². The lowest BCUT2D eigenvalue weighted by molar-refractivity contribution is 0.573. The van der Waals surface area contributed by atoms with Crippen molar-refractivity contribution in [2.45, 2.75) is 117 Å². The number of nitrogens with zero attached hydrogens (tertiary/aromatic N) is 1. The van der Waals surface area contributed by atoms with Crippen LogP contribution >= 0.6 is 0 Å². The van der Waals surface area contributed by atoms with Crippen molar-refractivity contribution in [3.05, 3.63) is 148 Å². The van der Waals surface area contributed by atoms with Gasteiger partial charge in [0.1, 0.15) is 5.58 Å². The van der Waals surface area contributed by atoms with Crippen LogP contribution in [0, 0.1) is 0 Å². The van der Waals surface area contributed by atoms with Crippen molar-refractivity contribution in [2.75, 3.05) is 4.90 Å². The summed E-state index contributed by atoms with van der Waals surface area (Å²) in [7, 11) is 0. The Hall–Kier alpha value is -5.08. The molecule has 0 saturated heterocycles. The number of hydrogen-bond donors (Lipinski definition) is 0. The lowest BCUT2D eigenvalue weighted by atomic mass is 9.79. The maximum atomic E-state index is 7.10. The molecule has 2 heteroatoms. The molecule has 0 unspecified atom stereocenters. The van der Waals surface area contributed by atoms with Crippen molar-refractivity contribution >= 4 is 39.0 Å². The molecule has 1 aromatic heterocycles. The highest BCUT2D eigenvalue weighted by Gasteiger charge is 2.41. The minimum Gasteiger partial charge on any atom is -0.454 e. The fourth-order valence-corrected chi connectivity index (χ4v) is 10.1. The minimum atomic E-state index is -0.161. The topological polar surface area (TPSA) is 16.4 Å². The monoisotopic (exact) mass is 735 g/mol. The van der Waals surface area contributed by atoms with Crippen LogP contribution < -0.4 is 4.90 Å². The summed E-state index contributed by atoms with van der Waals surface area (Å²) in [6.07, 6.45) is 0. The maximum Gasteiger partial charge on any atom is 0.159 e. The van der Waals surface area contributed by atoms with Crippen LogP contribution in [0.2, 0.25) is 0 Å². The molecule has 0 saturated carbocycles. The molecule has 0 aliphatic heterocycles. The molecule has 0 amide bonds. The summed E-state index contributed by atoms with van der Waals surface area (Å²) in [5.41, 5.74) is 19.9. The van der Waals surface area contributed by atoms with Crippen molar-refractivity contribution in [3.63, 3.8) is 0 Å². The Balaban J connectivity index is 1.32. The van der Waals surface area contributed by atoms with Gasteiger partial charge in [0.15, 0.2) is 5.58 Å². The van der Waals surface area contributed by atoms with Gasteiger partial charge in [0.05, 0.1) is 5.69 Å². The zero-order chi connectivity index (χ0) is 39.9. The van der Waals surface area contributed by atoms with Crippen LogP contribution in [0.5, 0.6) is 0 Å². The minimum absolute atomic E-state index is 0.0260. The summed E-state index contributed by atoms with van der Waals surface area (Å²) in [5, 5.41) is 2.30. The summed E-state index contributed by atoms with van der Waals surface area (Å²) in [5.74, 6) is 0. The van der Waals surface area contributed by atoms with Crippen LogP contribution in [0.15, 0.2) is 114 Å². The summed E-state index contributed by atoms with van der Waals surface area (Å²) in [6, 6.07) is 41.5. The van der Waals surface area contributed by atoms with E-state index in [0.717, 1.165) is 39.0 Å².